The number of hydrogen-bond donors (Lipinski definition) is 0. The lowest BCUT2D eigenvalue weighted by atomic mass is 10.1. The first-order valence-electron chi connectivity index (χ1n) is 7.39. The molecule has 0 atom stereocenters. The highest BCUT2D eigenvalue weighted by molar-refractivity contribution is 14.2. The number of hydrogen-bond acceptors (Lipinski definition) is 5. The van der Waals surface area contributed by atoms with E-state index in [1.807, 2.05) is 43.5 Å². The van der Waals surface area contributed by atoms with Crippen LogP contribution in [-0.4, -0.2) is 24.1 Å². The maximum atomic E-state index is 4.65. The Morgan fingerprint density at radius 1 is 1.08 bits per heavy atom. The van der Waals surface area contributed by atoms with Crippen LogP contribution in [0.3, 0.4) is 0 Å². The predicted molar refractivity (Wildman–Crippen MR) is 113 cm³/mol. The molecule has 0 unspecified atom stereocenters. The van der Waals surface area contributed by atoms with Gasteiger partial charge in [-0.25, -0.2) is 4.98 Å². The smallest absolute Gasteiger partial charge is 0.171 e. The van der Waals surface area contributed by atoms with E-state index in [9.17, 15) is 0 Å². The van der Waals surface area contributed by atoms with Crippen molar-refractivity contribution in [2.45, 2.75) is 6.92 Å². The minimum absolute atomic E-state index is 0.812. The summed E-state index contributed by atoms with van der Waals surface area (Å²) in [5, 5.41) is 5.62. The summed E-state index contributed by atoms with van der Waals surface area (Å²) in [7, 11) is 1.48. The summed E-state index contributed by atoms with van der Waals surface area (Å²) in [6, 6.07) is 10.0. The van der Waals surface area contributed by atoms with Crippen molar-refractivity contribution in [2.75, 3.05) is 0 Å². The molecule has 124 valence electrons. The Balaban J connectivity index is 1.82. The molecular formula is C17H11BrIN5S. The molecule has 4 rings (SSSR count). The third-order valence-electron chi connectivity index (χ3n) is 3.81. The molecule has 25 heavy (non-hydrogen) atoms. The summed E-state index contributed by atoms with van der Waals surface area (Å²) in [6.45, 7) is 2.05. The topological polar surface area (TPSA) is 56.5 Å². The summed E-state index contributed by atoms with van der Waals surface area (Å²) >= 11 is 5.68. The summed E-state index contributed by atoms with van der Waals surface area (Å²) in [6.07, 6.45) is 5.42. The summed E-state index contributed by atoms with van der Waals surface area (Å²) in [5.74, 6) is 0. The molecule has 0 radical (unpaired) electrons. The second kappa shape index (κ2) is 7.00. The Morgan fingerprint density at radius 3 is 2.68 bits per heavy atom. The molecule has 4 aromatic rings. The number of pyridine rings is 3. The fourth-order valence-electron chi connectivity index (χ4n) is 2.65. The van der Waals surface area contributed by atoms with Crippen molar-refractivity contribution in [3.05, 3.63) is 59.0 Å². The Bertz CT molecular complexity index is 1060. The highest BCUT2D eigenvalue weighted by Gasteiger charge is 2.15. The van der Waals surface area contributed by atoms with Gasteiger partial charge in [0.1, 0.15) is 5.69 Å². The molecule has 0 bridgehead atoms. The highest BCUT2D eigenvalue weighted by Crippen LogP contribution is 2.32. The van der Waals surface area contributed by atoms with Gasteiger partial charge in [-0.1, -0.05) is 6.07 Å². The van der Waals surface area contributed by atoms with Crippen LogP contribution >= 0.6 is 46.3 Å². The van der Waals surface area contributed by atoms with Crippen LogP contribution < -0.4 is 0 Å². The largest absolute Gasteiger partial charge is 0.256 e. The van der Waals surface area contributed by atoms with Crippen LogP contribution in [0.25, 0.3) is 33.7 Å². The maximum absolute atomic E-state index is 4.65. The Morgan fingerprint density at radius 2 is 1.96 bits per heavy atom. The van der Waals surface area contributed by atoms with E-state index in [1.165, 1.54) is 9.12 Å². The van der Waals surface area contributed by atoms with Crippen molar-refractivity contribution in [3.8, 4) is 22.6 Å². The molecule has 0 N–H and O–H groups in total. The van der Waals surface area contributed by atoms with Gasteiger partial charge in [0.25, 0.3) is 0 Å². The fraction of sp³-hybridized carbons (Fsp3) is 0.0588. The zero-order valence-electron chi connectivity index (χ0n) is 13.0. The summed E-state index contributed by atoms with van der Waals surface area (Å²) in [4.78, 5) is 13.5. The zero-order valence-corrected chi connectivity index (χ0v) is 17.6. The van der Waals surface area contributed by atoms with Crippen molar-refractivity contribution in [3.63, 3.8) is 0 Å². The average molecular weight is 524 g/mol. The number of rotatable bonds is 3. The van der Waals surface area contributed by atoms with E-state index in [2.05, 4.69) is 57.2 Å². The van der Waals surface area contributed by atoms with Crippen molar-refractivity contribution in [1.82, 2.24) is 24.1 Å². The molecule has 0 spiro atoms. The lowest BCUT2D eigenvalue weighted by Gasteiger charge is -2.04. The van der Waals surface area contributed by atoms with Gasteiger partial charge >= 0.3 is 0 Å². The van der Waals surface area contributed by atoms with E-state index >= 15 is 0 Å². The molecule has 4 heterocycles. The minimum Gasteiger partial charge on any atom is -0.256 e. The molecule has 0 aromatic carbocycles. The van der Waals surface area contributed by atoms with E-state index in [1.54, 1.807) is 16.5 Å². The van der Waals surface area contributed by atoms with Gasteiger partial charge in [0, 0.05) is 49.8 Å². The van der Waals surface area contributed by atoms with Gasteiger partial charge in [0.15, 0.2) is 5.65 Å². The Kier molecular flexibility index (Phi) is 4.74. The molecule has 0 aliphatic carbocycles. The minimum atomic E-state index is 0.812. The van der Waals surface area contributed by atoms with Gasteiger partial charge in [-0.05, 0) is 52.7 Å². The van der Waals surface area contributed by atoms with Crippen molar-refractivity contribution in [2.24, 2.45) is 0 Å². The van der Waals surface area contributed by atoms with E-state index in [-0.39, 0.29) is 0 Å². The molecule has 4 aromatic heterocycles. The van der Waals surface area contributed by atoms with Gasteiger partial charge < -0.3 is 0 Å². The molecule has 5 nitrogen and oxygen atoms in total. The molecule has 0 saturated carbocycles. The fourth-order valence-corrected chi connectivity index (χ4v) is 4.13. The molecule has 0 amide bonds. The standard InChI is InChI=1S/C17H11BrIN5S/c1-10-3-2-6-20-15(10)11-4-5-14(21-8-11)16-13-7-12(18)9-22-17(13)24(23-16)25-19/h2-9H,1H3. The van der Waals surface area contributed by atoms with Crippen LogP contribution in [0.4, 0.5) is 0 Å². The van der Waals surface area contributed by atoms with Crippen molar-refractivity contribution < 1.29 is 0 Å². The normalized spacial score (nSPS) is 11.2. The number of aryl methyl sites for hydroxylation is 1. The van der Waals surface area contributed by atoms with Crippen LogP contribution in [0, 0.1) is 6.92 Å². The van der Waals surface area contributed by atoms with E-state index in [0.29, 0.717) is 0 Å². The van der Waals surface area contributed by atoms with Crippen LogP contribution in [0.15, 0.2) is 53.4 Å². The first-order chi connectivity index (χ1) is 12.2. The van der Waals surface area contributed by atoms with Gasteiger partial charge in [0.05, 0.1) is 25.9 Å². The highest BCUT2D eigenvalue weighted by atomic mass is 127. The zero-order chi connectivity index (χ0) is 17.4. The predicted octanol–water partition coefficient (Wildman–Crippen LogP) is 5.47. The number of nitrogens with zero attached hydrogens (tertiary/aromatic N) is 5. The van der Waals surface area contributed by atoms with Crippen molar-refractivity contribution in [1.29, 1.82) is 0 Å². The molecular weight excluding hydrogens is 513 g/mol. The SMILES string of the molecule is Cc1cccnc1-c1ccc(-c2nn(SI)c3ncc(Br)cc23)nc1. The quantitative estimate of drug-likeness (QED) is 0.333. The van der Waals surface area contributed by atoms with Gasteiger partial charge in [0.2, 0.25) is 0 Å². The first kappa shape index (κ1) is 16.9. The molecule has 8 heteroatoms. The van der Waals surface area contributed by atoms with E-state index < -0.39 is 0 Å². The maximum Gasteiger partial charge on any atom is 0.171 e. The van der Waals surface area contributed by atoms with Crippen LogP contribution in [0.5, 0.6) is 0 Å². The van der Waals surface area contributed by atoms with Crippen LogP contribution in [-0.2, 0) is 0 Å². The Hall–Kier alpha value is -1.52. The molecule has 0 aliphatic rings. The first-order valence-corrected chi connectivity index (χ1v) is 11.5. The summed E-state index contributed by atoms with van der Waals surface area (Å²) < 4.78 is 2.72. The van der Waals surface area contributed by atoms with Gasteiger partial charge in [-0.15, -0.1) is 0 Å². The van der Waals surface area contributed by atoms with Crippen LogP contribution in [0.1, 0.15) is 5.56 Å². The lowest BCUT2D eigenvalue weighted by molar-refractivity contribution is 1.03. The summed E-state index contributed by atoms with van der Waals surface area (Å²) in [5.41, 5.74) is 5.52. The second-order valence-corrected chi connectivity index (χ2v) is 8.00. The van der Waals surface area contributed by atoms with E-state index in [4.69, 9.17) is 0 Å². The Labute approximate surface area is 169 Å². The molecule has 0 saturated heterocycles. The average Bonchev–Trinajstić information content (AvgIpc) is 3.00. The van der Waals surface area contributed by atoms with Crippen LogP contribution in [0.2, 0.25) is 0 Å². The number of halogens is 2. The van der Waals surface area contributed by atoms with Gasteiger partial charge in [-0.2, -0.15) is 9.19 Å². The molecule has 0 aliphatic heterocycles. The van der Waals surface area contributed by atoms with Crippen molar-refractivity contribution >= 4 is 57.3 Å². The monoisotopic (exact) mass is 523 g/mol. The second-order valence-electron chi connectivity index (χ2n) is 5.42. The molecule has 0 fully saturated rings. The van der Waals surface area contributed by atoms with E-state index in [0.717, 1.165) is 43.7 Å². The third-order valence-corrected chi connectivity index (χ3v) is 5.75. The van der Waals surface area contributed by atoms with Gasteiger partial charge in [-0.3, -0.25) is 9.97 Å². The third kappa shape index (κ3) is 3.18. The lowest BCUT2D eigenvalue weighted by Crippen LogP contribution is -1.91. The number of aromatic nitrogens is 5. The number of fused-ring (bicyclic) bond motifs is 1.